The summed E-state index contributed by atoms with van der Waals surface area (Å²) in [7, 11) is 0. The van der Waals surface area contributed by atoms with Crippen LogP contribution in [0.3, 0.4) is 0 Å². The molecule has 2 N–H and O–H groups in total. The third-order valence-electron chi connectivity index (χ3n) is 4.38. The Morgan fingerprint density at radius 2 is 1.08 bits per heavy atom. The molecule has 0 heterocycles. The molecule has 3 rings (SSSR count). The molecule has 0 bridgehead atoms. The second-order valence-corrected chi connectivity index (χ2v) is 7.49. The molecule has 0 aliphatic heterocycles. The van der Waals surface area contributed by atoms with Crippen LogP contribution in [0.2, 0.25) is 0 Å². The molecular formula is C16H10O8S2-2. The van der Waals surface area contributed by atoms with Crippen molar-refractivity contribution in [3.05, 3.63) is 45.5 Å². The van der Waals surface area contributed by atoms with Gasteiger partial charge in [0.15, 0.2) is 11.6 Å². The van der Waals surface area contributed by atoms with Crippen molar-refractivity contribution in [2.45, 2.75) is 23.6 Å². The second kappa shape index (κ2) is 6.09. The summed E-state index contributed by atoms with van der Waals surface area (Å²) in [5.41, 5.74) is -1.24. The SMILES string of the molecule is Cc1c(C)c(O)c2c(c1O)C(=O)c1cc(S(=O)[O-])c(S(=O)[O-])cc1C2=O. The van der Waals surface area contributed by atoms with Gasteiger partial charge in [-0.25, -0.2) is 0 Å². The van der Waals surface area contributed by atoms with Gasteiger partial charge in [-0.2, -0.15) is 0 Å². The third kappa shape index (κ3) is 2.42. The van der Waals surface area contributed by atoms with E-state index in [1.807, 2.05) is 0 Å². The predicted molar refractivity (Wildman–Crippen MR) is 86.9 cm³/mol. The van der Waals surface area contributed by atoms with Crippen LogP contribution >= 0.6 is 0 Å². The minimum absolute atomic E-state index is 0.191. The molecule has 136 valence electrons. The lowest BCUT2D eigenvalue weighted by Crippen LogP contribution is -2.23. The van der Waals surface area contributed by atoms with E-state index >= 15 is 0 Å². The lowest BCUT2D eigenvalue weighted by molar-refractivity contribution is 0.0973. The van der Waals surface area contributed by atoms with E-state index in [9.17, 15) is 37.3 Å². The molecule has 2 unspecified atom stereocenters. The van der Waals surface area contributed by atoms with Gasteiger partial charge >= 0.3 is 0 Å². The van der Waals surface area contributed by atoms with E-state index < -0.39 is 66.1 Å². The summed E-state index contributed by atoms with van der Waals surface area (Å²) in [6, 6.07) is 1.55. The normalized spacial score (nSPS) is 15.4. The molecule has 0 fully saturated rings. The monoisotopic (exact) mass is 394 g/mol. The van der Waals surface area contributed by atoms with Crippen molar-refractivity contribution in [1.29, 1.82) is 0 Å². The molecule has 0 amide bonds. The van der Waals surface area contributed by atoms with Gasteiger partial charge in [-0.1, -0.05) is 0 Å². The highest BCUT2D eigenvalue weighted by Gasteiger charge is 2.37. The number of carbonyl (C=O) groups is 2. The molecule has 26 heavy (non-hydrogen) atoms. The van der Waals surface area contributed by atoms with Crippen LogP contribution < -0.4 is 0 Å². The molecule has 0 saturated carbocycles. The number of carbonyl (C=O) groups excluding carboxylic acids is 2. The molecule has 1 aliphatic rings. The smallest absolute Gasteiger partial charge is 0.198 e. The predicted octanol–water partition coefficient (Wildman–Crippen LogP) is 0.966. The van der Waals surface area contributed by atoms with Gasteiger partial charge in [-0.05, 0) is 59.3 Å². The maximum Gasteiger partial charge on any atom is 0.198 e. The van der Waals surface area contributed by atoms with Crippen LogP contribution in [-0.2, 0) is 22.2 Å². The summed E-state index contributed by atoms with van der Waals surface area (Å²) in [5.74, 6) is -2.78. The number of benzene rings is 2. The van der Waals surface area contributed by atoms with Gasteiger partial charge in [0.1, 0.15) is 11.5 Å². The van der Waals surface area contributed by atoms with Crippen molar-refractivity contribution in [2.24, 2.45) is 0 Å². The molecule has 0 spiro atoms. The minimum atomic E-state index is -2.98. The van der Waals surface area contributed by atoms with Crippen LogP contribution in [0.4, 0.5) is 0 Å². The van der Waals surface area contributed by atoms with Crippen LogP contribution in [0.25, 0.3) is 0 Å². The van der Waals surface area contributed by atoms with E-state index in [1.165, 1.54) is 13.8 Å². The van der Waals surface area contributed by atoms with Crippen molar-refractivity contribution in [3.8, 4) is 11.5 Å². The first-order chi connectivity index (χ1) is 12.1. The highest BCUT2D eigenvalue weighted by molar-refractivity contribution is 7.82. The fourth-order valence-corrected chi connectivity index (χ4v) is 4.16. The quantitative estimate of drug-likeness (QED) is 0.481. The fraction of sp³-hybridized carbons (Fsp3) is 0.125. The zero-order chi connectivity index (χ0) is 19.5. The standard InChI is InChI=1S/C16H12O8S2/c1-5-6(2)14(18)12-11(13(5)17)15(19)7-3-9(25(21)22)10(26(23)24)4-8(7)16(12)20/h3-4,17-18H,1-2H3,(H,21,22)(H,23,24)/p-2. The second-order valence-electron chi connectivity index (χ2n) is 5.67. The van der Waals surface area contributed by atoms with E-state index in [2.05, 4.69) is 0 Å². The van der Waals surface area contributed by atoms with Crippen LogP contribution in [0, 0.1) is 13.8 Å². The molecule has 0 saturated heterocycles. The number of aromatic hydroxyl groups is 2. The summed E-state index contributed by atoms with van der Waals surface area (Å²) in [4.78, 5) is 24.2. The molecular weight excluding hydrogens is 384 g/mol. The summed E-state index contributed by atoms with van der Waals surface area (Å²) in [6.07, 6.45) is 0. The lowest BCUT2D eigenvalue weighted by Gasteiger charge is -2.24. The van der Waals surface area contributed by atoms with Gasteiger partial charge in [-0.3, -0.25) is 18.0 Å². The Morgan fingerprint density at radius 1 is 0.769 bits per heavy atom. The van der Waals surface area contributed by atoms with Crippen LogP contribution in [-0.4, -0.2) is 39.3 Å². The van der Waals surface area contributed by atoms with Crippen molar-refractivity contribution in [2.75, 3.05) is 0 Å². The highest BCUT2D eigenvalue weighted by Crippen LogP contribution is 2.43. The summed E-state index contributed by atoms with van der Waals surface area (Å²) >= 11 is -5.96. The largest absolute Gasteiger partial charge is 0.768 e. The number of fused-ring (bicyclic) bond motifs is 2. The van der Waals surface area contributed by atoms with Gasteiger partial charge in [0.2, 0.25) is 0 Å². The van der Waals surface area contributed by atoms with E-state index in [4.69, 9.17) is 0 Å². The summed E-state index contributed by atoms with van der Waals surface area (Å²) in [6.45, 7) is 2.89. The number of ketones is 2. The first-order valence-electron chi connectivity index (χ1n) is 7.09. The highest BCUT2D eigenvalue weighted by atomic mass is 32.2. The molecule has 8 nitrogen and oxygen atoms in total. The average Bonchev–Trinajstić information content (AvgIpc) is 2.59. The number of hydrogen-bond donors (Lipinski definition) is 2. The van der Waals surface area contributed by atoms with Crippen molar-refractivity contribution in [3.63, 3.8) is 0 Å². The topological polar surface area (TPSA) is 155 Å². The Kier molecular flexibility index (Phi) is 4.31. The van der Waals surface area contributed by atoms with Crippen molar-refractivity contribution in [1.82, 2.24) is 0 Å². The van der Waals surface area contributed by atoms with Gasteiger partial charge in [0.05, 0.1) is 11.1 Å². The number of phenolic OH excluding ortho intramolecular Hbond substituents is 2. The average molecular weight is 394 g/mol. The maximum atomic E-state index is 12.8. The first-order valence-corrected chi connectivity index (χ1v) is 9.23. The van der Waals surface area contributed by atoms with Crippen LogP contribution in [0.5, 0.6) is 11.5 Å². The number of phenols is 2. The number of hydrogen-bond acceptors (Lipinski definition) is 8. The zero-order valence-electron chi connectivity index (χ0n) is 13.3. The van der Waals surface area contributed by atoms with Gasteiger partial charge in [0, 0.05) is 20.9 Å². The van der Waals surface area contributed by atoms with E-state index in [0.29, 0.717) is 0 Å². The Balaban J connectivity index is 2.43. The van der Waals surface area contributed by atoms with E-state index in [1.54, 1.807) is 0 Å². The molecule has 0 aromatic heterocycles. The molecule has 10 heteroatoms. The zero-order valence-corrected chi connectivity index (χ0v) is 14.9. The Hall–Kier alpha value is -2.40. The van der Waals surface area contributed by atoms with Crippen molar-refractivity contribution < 1.29 is 37.3 Å². The molecule has 2 atom stereocenters. The maximum absolute atomic E-state index is 12.8. The molecule has 2 aromatic carbocycles. The van der Waals surface area contributed by atoms with Crippen LogP contribution in [0.1, 0.15) is 43.0 Å². The van der Waals surface area contributed by atoms with E-state index in [0.717, 1.165) is 12.1 Å². The Morgan fingerprint density at radius 3 is 1.35 bits per heavy atom. The first kappa shape index (κ1) is 18.4. The summed E-state index contributed by atoms with van der Waals surface area (Å²) in [5, 5.41) is 20.6. The van der Waals surface area contributed by atoms with Crippen molar-refractivity contribution >= 4 is 33.7 Å². The van der Waals surface area contributed by atoms with Crippen LogP contribution in [0.15, 0.2) is 21.9 Å². The summed E-state index contributed by atoms with van der Waals surface area (Å²) < 4.78 is 45.2. The molecule has 2 aromatic rings. The van der Waals surface area contributed by atoms with Gasteiger partial charge < -0.3 is 19.3 Å². The Labute approximate surface area is 152 Å². The molecule has 0 radical (unpaired) electrons. The lowest BCUT2D eigenvalue weighted by atomic mass is 9.81. The van der Waals surface area contributed by atoms with Gasteiger partial charge in [-0.15, -0.1) is 0 Å². The fourth-order valence-electron chi connectivity index (χ4n) is 2.87. The Bertz CT molecular complexity index is 987. The third-order valence-corrected chi connectivity index (χ3v) is 5.91. The van der Waals surface area contributed by atoms with Gasteiger partial charge in [0.25, 0.3) is 0 Å². The molecule has 1 aliphatic carbocycles. The van der Waals surface area contributed by atoms with E-state index in [-0.39, 0.29) is 22.3 Å². The number of rotatable bonds is 2. The minimum Gasteiger partial charge on any atom is -0.768 e.